The normalized spacial score (nSPS) is 26.4. The van der Waals surface area contributed by atoms with E-state index in [-0.39, 0.29) is 17.1 Å². The van der Waals surface area contributed by atoms with Crippen LogP contribution in [0.15, 0.2) is 45.6 Å². The number of benzene rings is 1. The molecule has 0 spiro atoms. The Balaban J connectivity index is 1.53. The Labute approximate surface area is 239 Å². The lowest BCUT2D eigenvalue weighted by atomic mass is 9.73. The summed E-state index contributed by atoms with van der Waals surface area (Å²) < 4.78 is 23.0. The molecule has 5 rings (SSSR count). The quantitative estimate of drug-likeness (QED) is 0.377. The van der Waals surface area contributed by atoms with E-state index in [9.17, 15) is 4.21 Å². The van der Waals surface area contributed by atoms with Crippen molar-refractivity contribution >= 4 is 33.0 Å². The zero-order valence-corrected chi connectivity index (χ0v) is 25.9. The minimum atomic E-state index is -2.33. The first kappa shape index (κ1) is 28.7. The lowest BCUT2D eigenvalue weighted by molar-refractivity contribution is -0.0897. The average Bonchev–Trinajstić information content (AvgIpc) is 3.47. The van der Waals surface area contributed by atoms with E-state index in [1.54, 1.807) is 19.4 Å². The largest absolute Gasteiger partial charge is 0.374 e. The Morgan fingerprint density at radius 1 is 1.30 bits per heavy atom. The van der Waals surface area contributed by atoms with Crippen LogP contribution in [-0.4, -0.2) is 63.9 Å². The molecule has 3 aliphatic rings. The molecule has 40 heavy (non-hydrogen) atoms. The zero-order valence-electron chi connectivity index (χ0n) is 25.0. The van der Waals surface area contributed by atoms with E-state index in [1.165, 1.54) is 17.5 Å². The SMILES string of the molecule is C/C=C(\N=C(/C)N=S(C)(C)=O)N1c2nc(Nc3ccc([C@@H]4CCNC4)c(C)c3)ncc2[C@]2(C)COC(C)(C)C[C@H]12. The minimum Gasteiger partial charge on any atom is -0.374 e. The van der Waals surface area contributed by atoms with Crippen LogP contribution in [0.4, 0.5) is 17.5 Å². The Morgan fingerprint density at radius 2 is 2.08 bits per heavy atom. The number of hydrogen-bond acceptors (Lipinski definition) is 8. The molecule has 0 unspecified atom stereocenters. The first-order chi connectivity index (χ1) is 18.8. The number of fused-ring (bicyclic) bond motifs is 3. The van der Waals surface area contributed by atoms with Gasteiger partial charge in [0.2, 0.25) is 5.95 Å². The molecule has 0 radical (unpaired) electrons. The second kappa shape index (κ2) is 10.5. The standard InChI is InChI=1S/C30H43N7O2S/c1-9-26(33-20(3)36-40(7,8)38)37-25-15-29(4,5)39-18-30(25,6)24-17-32-28(35-27(24)37)34-22-10-11-23(19(2)14-22)21-12-13-31-16-21/h9-11,14,17,21,25,31H,12-13,15-16,18H2,1-8H3,(H,32,34,35)/b26-9+,33-20+/t21-,25+,30+/m1/s1. The molecule has 2 saturated heterocycles. The number of amidine groups is 1. The van der Waals surface area contributed by atoms with Crippen molar-refractivity contribution in [1.82, 2.24) is 15.3 Å². The maximum absolute atomic E-state index is 12.4. The van der Waals surface area contributed by atoms with Crippen molar-refractivity contribution in [3.8, 4) is 0 Å². The molecule has 2 N–H and O–H groups in total. The van der Waals surface area contributed by atoms with Crippen LogP contribution in [0.5, 0.6) is 0 Å². The fourth-order valence-electron chi connectivity index (χ4n) is 6.28. The maximum Gasteiger partial charge on any atom is 0.229 e. The molecule has 3 atom stereocenters. The number of aryl methyl sites for hydroxylation is 1. The van der Waals surface area contributed by atoms with Crippen LogP contribution in [0.1, 0.15) is 70.1 Å². The average molecular weight is 566 g/mol. The lowest BCUT2D eigenvalue weighted by Gasteiger charge is -2.46. The summed E-state index contributed by atoms with van der Waals surface area (Å²) in [7, 11) is -2.33. The van der Waals surface area contributed by atoms with E-state index in [4.69, 9.17) is 19.7 Å². The molecule has 2 aromatic rings. The number of ether oxygens (including phenoxy) is 1. The van der Waals surface area contributed by atoms with Gasteiger partial charge < -0.3 is 20.3 Å². The molecule has 4 heterocycles. The third-order valence-corrected chi connectivity index (χ3v) is 8.97. The molecular formula is C30H43N7O2S. The van der Waals surface area contributed by atoms with Crippen LogP contribution in [-0.2, 0) is 19.9 Å². The van der Waals surface area contributed by atoms with Gasteiger partial charge in [0.25, 0.3) is 0 Å². The smallest absolute Gasteiger partial charge is 0.229 e. The van der Waals surface area contributed by atoms with Gasteiger partial charge in [-0.3, -0.25) is 0 Å². The molecule has 2 fully saturated rings. The van der Waals surface area contributed by atoms with Crippen molar-refractivity contribution in [3.63, 3.8) is 0 Å². The van der Waals surface area contributed by atoms with E-state index in [1.807, 2.05) is 19.2 Å². The van der Waals surface area contributed by atoms with Crippen LogP contribution in [0.2, 0.25) is 0 Å². The first-order valence-electron chi connectivity index (χ1n) is 14.1. The third kappa shape index (κ3) is 5.66. The fraction of sp³-hybridized carbons (Fsp3) is 0.567. The van der Waals surface area contributed by atoms with Crippen LogP contribution in [0, 0.1) is 6.92 Å². The van der Waals surface area contributed by atoms with Gasteiger partial charge in [-0.25, -0.2) is 14.2 Å². The van der Waals surface area contributed by atoms with Crippen molar-refractivity contribution in [2.45, 2.75) is 77.4 Å². The summed E-state index contributed by atoms with van der Waals surface area (Å²) in [6.45, 7) is 15.1. The van der Waals surface area contributed by atoms with Gasteiger partial charge in [-0.15, -0.1) is 0 Å². The van der Waals surface area contributed by atoms with Gasteiger partial charge in [0.05, 0.1) is 18.2 Å². The Kier molecular flexibility index (Phi) is 7.56. The Hall–Kier alpha value is -2.82. The van der Waals surface area contributed by atoms with Gasteiger partial charge in [-0.2, -0.15) is 9.35 Å². The van der Waals surface area contributed by atoms with Gasteiger partial charge in [0.15, 0.2) is 0 Å². The molecule has 1 aromatic heterocycles. The highest BCUT2D eigenvalue weighted by molar-refractivity contribution is 7.92. The minimum absolute atomic E-state index is 0.0627. The van der Waals surface area contributed by atoms with Crippen LogP contribution in [0.3, 0.4) is 0 Å². The Morgan fingerprint density at radius 3 is 2.73 bits per heavy atom. The van der Waals surface area contributed by atoms with Crippen molar-refractivity contribution in [3.05, 3.63) is 53.0 Å². The van der Waals surface area contributed by atoms with Gasteiger partial charge in [0.1, 0.15) is 17.5 Å². The Bertz CT molecular complexity index is 1480. The molecule has 10 heteroatoms. The van der Waals surface area contributed by atoms with Crippen molar-refractivity contribution < 1.29 is 8.95 Å². The highest BCUT2D eigenvalue weighted by Crippen LogP contribution is 2.52. The highest BCUT2D eigenvalue weighted by Gasteiger charge is 2.55. The molecule has 216 valence electrons. The summed E-state index contributed by atoms with van der Waals surface area (Å²) in [5, 5.41) is 6.91. The number of allylic oxidation sites excluding steroid dienone is 1. The number of anilines is 3. The first-order valence-corrected chi connectivity index (χ1v) is 16.4. The number of aromatic nitrogens is 2. The van der Waals surface area contributed by atoms with E-state index in [2.05, 4.69) is 65.8 Å². The lowest BCUT2D eigenvalue weighted by Crippen LogP contribution is -2.55. The molecule has 0 bridgehead atoms. The summed E-state index contributed by atoms with van der Waals surface area (Å²) in [6, 6.07) is 6.58. The van der Waals surface area contributed by atoms with Gasteiger partial charge in [-0.1, -0.05) is 13.0 Å². The molecular weight excluding hydrogens is 522 g/mol. The molecule has 0 amide bonds. The summed E-state index contributed by atoms with van der Waals surface area (Å²) in [4.78, 5) is 16.9. The number of hydrogen-bond donors (Lipinski definition) is 2. The van der Waals surface area contributed by atoms with Gasteiger partial charge in [-0.05, 0) is 89.3 Å². The number of nitrogens with zero attached hydrogens (tertiary/aromatic N) is 5. The molecule has 9 nitrogen and oxygen atoms in total. The fourth-order valence-corrected chi connectivity index (χ4v) is 6.96. The highest BCUT2D eigenvalue weighted by atomic mass is 32.2. The summed E-state index contributed by atoms with van der Waals surface area (Å²) in [5.41, 5.74) is 4.07. The predicted octanol–water partition coefficient (Wildman–Crippen LogP) is 5.26. The molecule has 1 aromatic carbocycles. The van der Waals surface area contributed by atoms with Crippen molar-refractivity contribution in [2.75, 3.05) is 42.4 Å². The molecule has 0 saturated carbocycles. The predicted molar refractivity (Wildman–Crippen MR) is 164 cm³/mol. The third-order valence-electron chi connectivity index (χ3n) is 8.27. The summed E-state index contributed by atoms with van der Waals surface area (Å²) >= 11 is 0. The number of rotatable bonds is 5. The molecule has 3 aliphatic heterocycles. The molecule has 0 aliphatic carbocycles. The second-order valence-electron chi connectivity index (χ2n) is 12.5. The van der Waals surface area contributed by atoms with E-state index in [0.29, 0.717) is 24.3 Å². The van der Waals surface area contributed by atoms with Gasteiger partial charge in [0, 0.05) is 51.6 Å². The number of aliphatic imine (C=N–C) groups is 1. The zero-order chi connectivity index (χ0) is 28.9. The van der Waals surface area contributed by atoms with Crippen LogP contribution < -0.4 is 15.5 Å². The topological polar surface area (TPSA) is 104 Å². The van der Waals surface area contributed by atoms with Crippen molar-refractivity contribution in [2.24, 2.45) is 9.36 Å². The summed E-state index contributed by atoms with van der Waals surface area (Å²) in [5.74, 6) is 3.12. The summed E-state index contributed by atoms with van der Waals surface area (Å²) in [6.07, 6.45) is 9.11. The second-order valence-corrected chi connectivity index (χ2v) is 15.0. The van der Waals surface area contributed by atoms with Crippen LogP contribution >= 0.6 is 0 Å². The van der Waals surface area contributed by atoms with E-state index in [0.717, 1.165) is 42.4 Å². The van der Waals surface area contributed by atoms with E-state index < -0.39 is 9.73 Å². The van der Waals surface area contributed by atoms with Gasteiger partial charge >= 0.3 is 0 Å². The van der Waals surface area contributed by atoms with Crippen molar-refractivity contribution in [1.29, 1.82) is 0 Å². The van der Waals surface area contributed by atoms with E-state index >= 15 is 0 Å². The maximum atomic E-state index is 12.4. The van der Waals surface area contributed by atoms with Crippen LogP contribution in [0.25, 0.3) is 0 Å². The monoisotopic (exact) mass is 565 g/mol. The number of nitrogens with one attached hydrogen (secondary N) is 2.